The quantitative estimate of drug-likeness (QED) is 0.429. The molecule has 2 unspecified atom stereocenters. The van der Waals surface area contributed by atoms with Gasteiger partial charge in [0.1, 0.15) is 17.9 Å². The van der Waals surface area contributed by atoms with Gasteiger partial charge in [-0.05, 0) is 0 Å². The molecule has 2 fully saturated rings. The molecule has 7 heteroatoms. The molecule has 4 heterocycles. The van der Waals surface area contributed by atoms with Gasteiger partial charge in [0.25, 0.3) is 0 Å². The first-order chi connectivity index (χ1) is 9.13. The summed E-state index contributed by atoms with van der Waals surface area (Å²) < 4.78 is 5.78. The lowest BCUT2D eigenvalue weighted by atomic mass is 10.0. The van der Waals surface area contributed by atoms with Crippen LogP contribution in [-0.2, 0) is 4.74 Å². The molecule has 0 aromatic heterocycles. The maximum atomic E-state index is 8.74. The highest BCUT2D eigenvalue weighted by atomic mass is 16.5. The van der Waals surface area contributed by atoms with Crippen LogP contribution in [0.25, 0.3) is 0 Å². The van der Waals surface area contributed by atoms with Gasteiger partial charge in [-0.25, -0.2) is 5.01 Å². The Morgan fingerprint density at radius 1 is 1.63 bits per heavy atom. The lowest BCUT2D eigenvalue weighted by Crippen LogP contribution is -2.47. The molecule has 1 N–H and O–H groups in total. The SMILES string of the molecule is C=NN(C)/C(=N\C(=N)C#N)N1C2=C3CC1CC(C2)O3. The molecule has 0 saturated carbocycles. The predicted octanol–water partition coefficient (Wildman–Crippen LogP) is 0.869. The number of hydrogen-bond donors (Lipinski definition) is 1. The van der Waals surface area contributed by atoms with E-state index in [0.717, 1.165) is 30.7 Å². The maximum absolute atomic E-state index is 8.74. The summed E-state index contributed by atoms with van der Waals surface area (Å²) in [6, 6.07) is 2.02. The third kappa shape index (κ3) is 1.68. The molecule has 0 radical (unpaired) electrons. The molecule has 0 aromatic carbocycles. The molecule has 2 saturated heterocycles. The molecule has 0 aromatic rings. The smallest absolute Gasteiger partial charge is 0.229 e. The fraction of sp³-hybridized carbons (Fsp3) is 0.500. The summed E-state index contributed by atoms with van der Waals surface area (Å²) in [6.07, 6.45) is 2.97. The minimum atomic E-state index is -0.339. The van der Waals surface area contributed by atoms with Crippen molar-refractivity contribution in [2.45, 2.75) is 31.4 Å². The molecular weight excluding hydrogens is 244 g/mol. The lowest BCUT2D eigenvalue weighted by Gasteiger charge is -2.37. The second-order valence-corrected chi connectivity index (χ2v) is 4.81. The van der Waals surface area contributed by atoms with Crippen molar-refractivity contribution in [2.75, 3.05) is 7.05 Å². The number of hydrazone groups is 1. The first kappa shape index (κ1) is 11.7. The van der Waals surface area contributed by atoms with Gasteiger partial charge in [-0.3, -0.25) is 5.41 Å². The van der Waals surface area contributed by atoms with Gasteiger partial charge >= 0.3 is 0 Å². The number of amidine groups is 1. The van der Waals surface area contributed by atoms with Gasteiger partial charge < -0.3 is 9.64 Å². The second kappa shape index (κ2) is 4.09. The minimum Gasteiger partial charge on any atom is -0.492 e. The summed E-state index contributed by atoms with van der Waals surface area (Å²) >= 11 is 0. The first-order valence-electron chi connectivity index (χ1n) is 6.09. The average Bonchev–Trinajstić information content (AvgIpc) is 2.83. The summed E-state index contributed by atoms with van der Waals surface area (Å²) in [7, 11) is 1.71. The van der Waals surface area contributed by atoms with Crippen LogP contribution >= 0.6 is 0 Å². The molecular formula is C12H14N6O. The van der Waals surface area contributed by atoms with Gasteiger partial charge in [-0.2, -0.15) is 15.4 Å². The molecule has 0 aliphatic carbocycles. The molecule has 4 aliphatic rings. The Bertz CT molecular complexity index is 557. The maximum Gasteiger partial charge on any atom is 0.229 e. The molecule has 2 atom stereocenters. The average molecular weight is 258 g/mol. The van der Waals surface area contributed by atoms with E-state index in [1.807, 2.05) is 4.90 Å². The van der Waals surface area contributed by atoms with E-state index in [2.05, 4.69) is 16.8 Å². The van der Waals surface area contributed by atoms with Crippen molar-refractivity contribution in [3.05, 3.63) is 11.5 Å². The molecule has 4 aliphatic heterocycles. The summed E-state index contributed by atoms with van der Waals surface area (Å²) in [4.78, 5) is 6.09. The number of rotatable bonds is 1. The predicted molar refractivity (Wildman–Crippen MR) is 69.5 cm³/mol. The fourth-order valence-corrected chi connectivity index (χ4v) is 2.94. The van der Waals surface area contributed by atoms with Crippen LogP contribution in [0.2, 0.25) is 0 Å². The van der Waals surface area contributed by atoms with Crippen LogP contribution in [0.5, 0.6) is 0 Å². The van der Waals surface area contributed by atoms with Crippen molar-refractivity contribution >= 4 is 18.5 Å². The van der Waals surface area contributed by atoms with E-state index in [9.17, 15) is 0 Å². The Morgan fingerprint density at radius 2 is 2.42 bits per heavy atom. The third-order valence-corrected chi connectivity index (χ3v) is 3.70. The largest absolute Gasteiger partial charge is 0.492 e. The molecule has 0 spiro atoms. The van der Waals surface area contributed by atoms with Crippen LogP contribution < -0.4 is 0 Å². The molecule has 4 rings (SSSR count). The zero-order valence-corrected chi connectivity index (χ0v) is 10.6. The van der Waals surface area contributed by atoms with E-state index in [1.54, 1.807) is 13.1 Å². The molecule has 7 nitrogen and oxygen atoms in total. The highest BCUT2D eigenvalue weighted by Crippen LogP contribution is 2.47. The molecule has 98 valence electrons. The number of aliphatic imine (C=N–C) groups is 1. The van der Waals surface area contributed by atoms with Gasteiger partial charge in [0, 0.05) is 39.1 Å². The van der Waals surface area contributed by atoms with E-state index >= 15 is 0 Å². The van der Waals surface area contributed by atoms with Crippen LogP contribution in [0.4, 0.5) is 0 Å². The topological polar surface area (TPSA) is 88.1 Å². The molecule has 4 bridgehead atoms. The van der Waals surface area contributed by atoms with Gasteiger partial charge in [0.05, 0.1) is 5.70 Å². The first-order valence-corrected chi connectivity index (χ1v) is 6.09. The summed E-state index contributed by atoms with van der Waals surface area (Å²) in [6.45, 7) is 3.48. The van der Waals surface area contributed by atoms with Crippen molar-refractivity contribution < 1.29 is 4.74 Å². The number of hydrogen-bond acceptors (Lipinski definition) is 4. The van der Waals surface area contributed by atoms with Gasteiger partial charge in [0.2, 0.25) is 11.8 Å². The van der Waals surface area contributed by atoms with Crippen LogP contribution in [0.15, 0.2) is 21.6 Å². The molecule has 19 heavy (non-hydrogen) atoms. The normalized spacial score (nSPS) is 27.4. The monoisotopic (exact) mass is 258 g/mol. The standard InChI is InChI=1S/C12H14N6O/c1-15-17(2)12(16-11(14)6-13)18-7-3-8-5-9(18)10(4-7)19-8/h7-8,14H,1,3-5H2,2H3/b14-11?,16-12+. The Kier molecular flexibility index (Phi) is 2.52. The Hall–Kier alpha value is -2.36. The number of ether oxygens (including phenoxy) is 1. The van der Waals surface area contributed by atoms with Gasteiger partial charge in [-0.15, -0.1) is 0 Å². The van der Waals surface area contributed by atoms with Crippen molar-refractivity contribution in [3.8, 4) is 6.07 Å². The minimum absolute atomic E-state index is 0.290. The van der Waals surface area contributed by atoms with Crippen molar-refractivity contribution in [1.82, 2.24) is 9.91 Å². The zero-order chi connectivity index (χ0) is 13.6. The van der Waals surface area contributed by atoms with E-state index in [0.29, 0.717) is 18.1 Å². The summed E-state index contributed by atoms with van der Waals surface area (Å²) in [5, 5.41) is 21.5. The summed E-state index contributed by atoms with van der Waals surface area (Å²) in [5.74, 6) is 1.16. The Labute approximate surface area is 111 Å². The molecule has 0 amide bonds. The van der Waals surface area contributed by atoms with E-state index < -0.39 is 0 Å². The zero-order valence-electron chi connectivity index (χ0n) is 10.6. The van der Waals surface area contributed by atoms with Crippen LogP contribution in [0.3, 0.4) is 0 Å². The van der Waals surface area contributed by atoms with Crippen molar-refractivity contribution in [2.24, 2.45) is 10.1 Å². The number of nitrogens with zero attached hydrogens (tertiary/aromatic N) is 5. The highest BCUT2D eigenvalue weighted by molar-refractivity contribution is 6.03. The lowest BCUT2D eigenvalue weighted by molar-refractivity contribution is 0.0650. The number of guanidine groups is 1. The van der Waals surface area contributed by atoms with Gasteiger partial charge in [0.15, 0.2) is 0 Å². The van der Waals surface area contributed by atoms with Crippen molar-refractivity contribution in [3.63, 3.8) is 0 Å². The van der Waals surface area contributed by atoms with Crippen LogP contribution in [0.1, 0.15) is 19.3 Å². The second-order valence-electron chi connectivity index (χ2n) is 4.81. The Morgan fingerprint density at radius 3 is 3.05 bits per heavy atom. The van der Waals surface area contributed by atoms with Gasteiger partial charge in [-0.1, -0.05) is 0 Å². The highest BCUT2D eigenvalue weighted by Gasteiger charge is 2.49. The number of nitriles is 1. The number of piperidine rings is 1. The van der Waals surface area contributed by atoms with E-state index in [-0.39, 0.29) is 5.84 Å². The third-order valence-electron chi connectivity index (χ3n) is 3.70. The fourth-order valence-electron chi connectivity index (χ4n) is 2.94. The summed E-state index contributed by atoms with van der Waals surface area (Å²) in [5.41, 5.74) is 1.11. The van der Waals surface area contributed by atoms with Crippen molar-refractivity contribution in [1.29, 1.82) is 10.7 Å². The van der Waals surface area contributed by atoms with E-state index in [1.165, 1.54) is 5.01 Å². The van der Waals surface area contributed by atoms with E-state index in [4.69, 9.17) is 15.4 Å². The Balaban J connectivity index is 1.98. The van der Waals surface area contributed by atoms with Crippen LogP contribution in [-0.4, -0.2) is 47.6 Å². The number of nitrogens with one attached hydrogen (secondary N) is 1. The van der Waals surface area contributed by atoms with Crippen LogP contribution in [0, 0.1) is 16.7 Å².